The lowest BCUT2D eigenvalue weighted by atomic mass is 10.0. The van der Waals surface area contributed by atoms with Crippen LogP contribution in [0.4, 0.5) is 0 Å². The zero-order valence-electron chi connectivity index (χ0n) is 15.5. The smallest absolute Gasteiger partial charge is 0.0776 e. The van der Waals surface area contributed by atoms with Gasteiger partial charge in [-0.25, -0.2) is 0 Å². The Hall–Kier alpha value is -1.97. The number of hydrogen-bond acceptors (Lipinski definition) is 2. The van der Waals surface area contributed by atoms with Crippen LogP contribution in [-0.2, 0) is 0 Å². The summed E-state index contributed by atoms with van der Waals surface area (Å²) >= 11 is 1.93. The van der Waals surface area contributed by atoms with E-state index in [0.29, 0.717) is 0 Å². The van der Waals surface area contributed by atoms with Gasteiger partial charge in [0.1, 0.15) is 0 Å². The number of aromatic nitrogens is 1. The van der Waals surface area contributed by atoms with E-state index in [2.05, 4.69) is 68.2 Å². The zero-order valence-corrected chi connectivity index (χ0v) is 17.4. The predicted molar refractivity (Wildman–Crippen MR) is 118 cm³/mol. The van der Waals surface area contributed by atoms with Crippen LogP contribution in [0.5, 0.6) is 0 Å². The number of hydrogen-bond donors (Lipinski definition) is 0. The van der Waals surface area contributed by atoms with Gasteiger partial charge in [-0.2, -0.15) is 0 Å². The van der Waals surface area contributed by atoms with E-state index >= 15 is 0 Å². The molecular formula is C23H23NSSi. The van der Waals surface area contributed by atoms with Crippen LogP contribution >= 0.6 is 11.3 Å². The van der Waals surface area contributed by atoms with Gasteiger partial charge in [0, 0.05) is 31.9 Å². The SMILES string of the molecule is C[Si](C)(C)c1ccc2c(c1)sc1c(-c3cc(C4CC4)ccn3)cccc12. The van der Waals surface area contributed by atoms with E-state index < -0.39 is 8.07 Å². The van der Waals surface area contributed by atoms with E-state index in [9.17, 15) is 0 Å². The van der Waals surface area contributed by atoms with Crippen molar-refractivity contribution in [3.05, 3.63) is 60.3 Å². The summed E-state index contributed by atoms with van der Waals surface area (Å²) in [7, 11) is -1.30. The molecule has 0 bridgehead atoms. The number of fused-ring (bicyclic) bond motifs is 3. The normalized spacial score (nSPS) is 15.0. The van der Waals surface area contributed by atoms with Crippen LogP contribution in [0.15, 0.2) is 54.7 Å². The van der Waals surface area contributed by atoms with Crippen LogP contribution in [0.3, 0.4) is 0 Å². The van der Waals surface area contributed by atoms with E-state index in [0.717, 1.165) is 11.6 Å². The highest BCUT2D eigenvalue weighted by Gasteiger charge is 2.24. The van der Waals surface area contributed by atoms with E-state index in [1.165, 1.54) is 49.3 Å². The molecular weight excluding hydrogens is 350 g/mol. The molecule has 2 heterocycles. The average Bonchev–Trinajstić information content (AvgIpc) is 3.41. The molecule has 0 saturated heterocycles. The van der Waals surface area contributed by atoms with E-state index in [1.807, 2.05) is 17.5 Å². The van der Waals surface area contributed by atoms with Gasteiger partial charge in [0.05, 0.1) is 13.8 Å². The Bertz CT molecular complexity index is 1130. The molecule has 26 heavy (non-hydrogen) atoms. The first-order chi connectivity index (χ1) is 12.5. The molecule has 0 atom stereocenters. The Labute approximate surface area is 159 Å². The van der Waals surface area contributed by atoms with Gasteiger partial charge in [-0.3, -0.25) is 4.98 Å². The van der Waals surface area contributed by atoms with Crippen molar-refractivity contribution in [2.75, 3.05) is 0 Å². The van der Waals surface area contributed by atoms with E-state index in [1.54, 1.807) is 0 Å². The van der Waals surface area contributed by atoms with Gasteiger partial charge in [-0.15, -0.1) is 11.3 Å². The lowest BCUT2D eigenvalue weighted by Crippen LogP contribution is -2.37. The monoisotopic (exact) mass is 373 g/mol. The van der Waals surface area contributed by atoms with Crippen LogP contribution in [0.1, 0.15) is 24.3 Å². The topological polar surface area (TPSA) is 12.9 Å². The second kappa shape index (κ2) is 5.76. The highest BCUT2D eigenvalue weighted by molar-refractivity contribution is 7.26. The number of nitrogens with zero attached hydrogens (tertiary/aromatic N) is 1. The van der Waals surface area contributed by atoms with E-state index in [4.69, 9.17) is 4.98 Å². The molecule has 5 rings (SSSR count). The van der Waals surface area contributed by atoms with Gasteiger partial charge in [-0.05, 0) is 42.5 Å². The molecule has 0 N–H and O–H groups in total. The third kappa shape index (κ3) is 2.70. The lowest BCUT2D eigenvalue weighted by molar-refractivity contribution is 1.11. The van der Waals surface area contributed by atoms with Crippen molar-refractivity contribution >= 4 is 44.8 Å². The standard InChI is InChI=1S/C23H23NSSi/c1-26(2,3)17-9-10-18-19-5-4-6-20(23(19)25-22(18)14-17)21-13-16(11-12-24-21)15-7-8-15/h4-6,9-15H,7-8H2,1-3H3. The predicted octanol–water partition coefficient (Wildman–Crippen LogP) is 6.54. The zero-order chi connectivity index (χ0) is 17.9. The maximum atomic E-state index is 4.71. The number of benzene rings is 2. The Morgan fingerprint density at radius 3 is 2.58 bits per heavy atom. The number of thiophene rings is 1. The first-order valence-corrected chi connectivity index (χ1v) is 13.7. The highest BCUT2D eigenvalue weighted by atomic mass is 32.1. The summed E-state index contributed by atoms with van der Waals surface area (Å²) in [5.41, 5.74) is 3.85. The molecule has 130 valence electrons. The van der Waals surface area contributed by atoms with Crippen molar-refractivity contribution in [1.82, 2.24) is 4.98 Å². The summed E-state index contributed by atoms with van der Waals surface area (Å²) in [4.78, 5) is 4.71. The second-order valence-corrected chi connectivity index (χ2v) is 14.6. The van der Waals surface area contributed by atoms with Crippen LogP contribution in [0.2, 0.25) is 19.6 Å². The fourth-order valence-electron chi connectivity index (χ4n) is 3.73. The maximum absolute atomic E-state index is 4.71. The molecule has 1 saturated carbocycles. The van der Waals surface area contributed by atoms with Crippen molar-refractivity contribution in [3.63, 3.8) is 0 Å². The molecule has 1 nitrogen and oxygen atoms in total. The van der Waals surface area contributed by atoms with Gasteiger partial charge < -0.3 is 0 Å². The quantitative estimate of drug-likeness (QED) is 0.372. The Kier molecular flexibility index (Phi) is 3.60. The van der Waals surface area contributed by atoms with Crippen LogP contribution in [0, 0.1) is 0 Å². The first-order valence-electron chi connectivity index (χ1n) is 9.43. The van der Waals surface area contributed by atoms with Gasteiger partial charge in [0.25, 0.3) is 0 Å². The molecule has 3 heteroatoms. The third-order valence-corrected chi connectivity index (χ3v) is 8.72. The Morgan fingerprint density at radius 1 is 0.962 bits per heavy atom. The minimum absolute atomic E-state index is 0.762. The molecule has 0 unspecified atom stereocenters. The highest BCUT2D eigenvalue weighted by Crippen LogP contribution is 2.43. The summed E-state index contributed by atoms with van der Waals surface area (Å²) < 4.78 is 2.78. The molecule has 1 aliphatic rings. The molecule has 1 fully saturated rings. The van der Waals surface area contributed by atoms with Crippen molar-refractivity contribution in [3.8, 4) is 11.3 Å². The van der Waals surface area contributed by atoms with Gasteiger partial charge >= 0.3 is 0 Å². The molecule has 0 aliphatic heterocycles. The summed E-state index contributed by atoms with van der Waals surface area (Å²) in [6.45, 7) is 7.25. The van der Waals surface area contributed by atoms with Crippen molar-refractivity contribution in [1.29, 1.82) is 0 Å². The largest absolute Gasteiger partial charge is 0.256 e. The lowest BCUT2D eigenvalue weighted by Gasteiger charge is -2.16. The van der Waals surface area contributed by atoms with Crippen molar-refractivity contribution in [2.45, 2.75) is 38.4 Å². The molecule has 0 amide bonds. The second-order valence-electron chi connectivity index (χ2n) is 8.49. The summed E-state index contributed by atoms with van der Waals surface area (Å²) in [6, 6.07) is 18.3. The van der Waals surface area contributed by atoms with Gasteiger partial charge in [0.2, 0.25) is 0 Å². The van der Waals surface area contributed by atoms with Crippen LogP contribution in [0.25, 0.3) is 31.4 Å². The average molecular weight is 374 g/mol. The molecule has 2 aromatic carbocycles. The van der Waals surface area contributed by atoms with Crippen molar-refractivity contribution < 1.29 is 0 Å². The summed E-state index contributed by atoms with van der Waals surface area (Å²) in [5.74, 6) is 0.762. The minimum Gasteiger partial charge on any atom is -0.256 e. The summed E-state index contributed by atoms with van der Waals surface area (Å²) in [5, 5.41) is 4.28. The molecule has 0 radical (unpaired) electrons. The maximum Gasteiger partial charge on any atom is 0.0776 e. The van der Waals surface area contributed by atoms with Crippen molar-refractivity contribution in [2.24, 2.45) is 0 Å². The van der Waals surface area contributed by atoms with Crippen LogP contribution < -0.4 is 5.19 Å². The Balaban J connectivity index is 1.72. The Morgan fingerprint density at radius 2 is 1.81 bits per heavy atom. The molecule has 0 spiro atoms. The fraction of sp³-hybridized carbons (Fsp3) is 0.261. The fourth-order valence-corrected chi connectivity index (χ4v) is 6.26. The molecule has 4 aromatic rings. The van der Waals surface area contributed by atoms with E-state index in [-0.39, 0.29) is 0 Å². The third-order valence-electron chi connectivity index (χ3n) is 5.47. The molecule has 1 aliphatic carbocycles. The van der Waals surface area contributed by atoms with Gasteiger partial charge in [-0.1, -0.05) is 55.2 Å². The molecule has 2 aromatic heterocycles. The van der Waals surface area contributed by atoms with Crippen LogP contribution in [-0.4, -0.2) is 13.1 Å². The minimum atomic E-state index is -1.30. The summed E-state index contributed by atoms with van der Waals surface area (Å²) in [6.07, 6.45) is 4.64. The van der Waals surface area contributed by atoms with Gasteiger partial charge in [0.15, 0.2) is 0 Å². The number of pyridine rings is 1. The first kappa shape index (κ1) is 16.2. The number of rotatable bonds is 3.